The van der Waals surface area contributed by atoms with E-state index in [9.17, 15) is 14.6 Å². The van der Waals surface area contributed by atoms with Gasteiger partial charge in [-0.05, 0) is 116 Å². The van der Waals surface area contributed by atoms with Crippen molar-refractivity contribution < 1.29 is 19.3 Å². The molecule has 53 heavy (non-hydrogen) atoms. The molecule has 13 heteroatoms. The van der Waals surface area contributed by atoms with Crippen LogP contribution in [-0.2, 0) is 0 Å². The van der Waals surface area contributed by atoms with Gasteiger partial charge in [-0.25, -0.2) is 9.07 Å². The lowest BCUT2D eigenvalue weighted by Gasteiger charge is -2.49. The van der Waals surface area contributed by atoms with Gasteiger partial charge in [0, 0.05) is 78.0 Å². The predicted octanol–water partition coefficient (Wildman–Crippen LogP) is 6.68. The molecule has 12 nitrogen and oxygen atoms in total. The molecule has 4 N–H and O–H groups in total. The summed E-state index contributed by atoms with van der Waals surface area (Å²) in [5.74, 6) is 0.796. The van der Waals surface area contributed by atoms with E-state index in [0.29, 0.717) is 46.5 Å². The number of aromatic hydroxyl groups is 2. The monoisotopic (exact) mass is 723 g/mol. The Morgan fingerprint density at radius 3 is 2.08 bits per heavy atom. The van der Waals surface area contributed by atoms with Gasteiger partial charge in [0.25, 0.3) is 0 Å². The standard InChI is InChI=1S/C20H27FN4O.C20H23N5O2/c1-19(2)11-13(12-20(3,4)24-19)25(5)18-9-8-17(22-23-18)15-7-6-14(26)10-16(15)21;1-13-10-16(11-14(2)22-13)27-20-7-6-18(23-24-20)17-5-4-15(12-19(17)26)25-9-3-8-21-25/h6-10,13,24,26H,11-12H2,1-5H3;3-9,12-14,16,22,26H,10-11H2,1-2H3. The highest BCUT2D eigenvalue weighted by Gasteiger charge is 2.39. The van der Waals surface area contributed by atoms with Crippen LogP contribution in [0.5, 0.6) is 17.4 Å². The highest BCUT2D eigenvalue weighted by molar-refractivity contribution is 5.68. The number of rotatable bonds is 7. The van der Waals surface area contributed by atoms with Gasteiger partial charge < -0.3 is 30.5 Å². The van der Waals surface area contributed by atoms with Crippen LogP contribution in [0.25, 0.3) is 28.2 Å². The zero-order valence-corrected chi connectivity index (χ0v) is 31.5. The molecule has 2 aliphatic rings. The van der Waals surface area contributed by atoms with Crippen molar-refractivity contribution in [2.75, 3.05) is 11.9 Å². The molecule has 5 heterocycles. The molecule has 0 aliphatic carbocycles. The lowest BCUT2D eigenvalue weighted by atomic mass is 9.79. The van der Waals surface area contributed by atoms with E-state index in [1.54, 1.807) is 29.1 Å². The molecule has 0 spiro atoms. The number of phenolic OH excluding ortho intramolecular Hbond substituents is 2. The topological polar surface area (TPSA) is 146 Å². The van der Waals surface area contributed by atoms with Crippen molar-refractivity contribution in [3.05, 3.63) is 84.9 Å². The van der Waals surface area contributed by atoms with E-state index in [1.807, 2.05) is 43.6 Å². The highest BCUT2D eigenvalue weighted by atomic mass is 19.1. The van der Waals surface area contributed by atoms with E-state index in [-0.39, 0.29) is 28.7 Å². The van der Waals surface area contributed by atoms with Crippen LogP contribution in [0.2, 0.25) is 0 Å². The minimum absolute atomic E-state index is 0.0449. The molecule has 0 radical (unpaired) electrons. The summed E-state index contributed by atoms with van der Waals surface area (Å²) in [6.07, 6.45) is 7.55. The molecular formula is C40H50FN9O3. The van der Waals surface area contributed by atoms with Crippen molar-refractivity contribution in [3.8, 4) is 45.6 Å². The summed E-state index contributed by atoms with van der Waals surface area (Å²) in [7, 11) is 2.03. The zero-order valence-electron chi connectivity index (χ0n) is 31.5. The number of phenols is 2. The minimum atomic E-state index is -0.512. The molecule has 2 aromatic carbocycles. The van der Waals surface area contributed by atoms with Crippen LogP contribution in [0, 0.1) is 5.82 Å². The average molecular weight is 724 g/mol. The molecule has 0 amide bonds. The number of benzene rings is 2. The second-order valence-electron chi connectivity index (χ2n) is 15.6. The maximum Gasteiger partial charge on any atom is 0.233 e. The van der Waals surface area contributed by atoms with Crippen molar-refractivity contribution in [2.45, 2.75) is 103 Å². The van der Waals surface area contributed by atoms with Gasteiger partial charge in [-0.2, -0.15) is 5.10 Å². The summed E-state index contributed by atoms with van der Waals surface area (Å²) in [6.45, 7) is 13.2. The first-order chi connectivity index (χ1) is 25.1. The van der Waals surface area contributed by atoms with Gasteiger partial charge in [-0.3, -0.25) is 0 Å². The number of nitrogens with one attached hydrogen (secondary N) is 2. The fraction of sp³-hybridized carbons (Fsp3) is 0.425. The summed E-state index contributed by atoms with van der Waals surface area (Å²) in [4.78, 5) is 2.16. The number of halogens is 1. The Hall–Kier alpha value is -5.14. The Balaban J connectivity index is 0.000000182. The van der Waals surface area contributed by atoms with Crippen LogP contribution in [0.4, 0.5) is 10.2 Å². The normalized spacial score (nSPS) is 20.9. The SMILES string of the molecule is CC1CC(Oc2ccc(-c3ccc(-n4cccn4)cc3O)nn2)CC(C)N1.CN(c1ccc(-c2ccc(O)cc2F)nn1)C1CC(C)(C)NC(C)(C)C1. The summed E-state index contributed by atoms with van der Waals surface area (Å²) < 4.78 is 21.7. The third-order valence-corrected chi connectivity index (χ3v) is 9.71. The summed E-state index contributed by atoms with van der Waals surface area (Å²) >= 11 is 0. The molecule has 280 valence electrons. The Labute approximate surface area is 310 Å². The summed E-state index contributed by atoms with van der Waals surface area (Å²) in [5.41, 5.74) is 2.86. The molecule has 2 atom stereocenters. The van der Waals surface area contributed by atoms with Crippen molar-refractivity contribution in [1.82, 2.24) is 40.8 Å². The molecule has 2 unspecified atom stereocenters. The molecule has 0 bridgehead atoms. The van der Waals surface area contributed by atoms with Crippen molar-refractivity contribution >= 4 is 5.82 Å². The number of aromatic nitrogens is 6. The molecular weight excluding hydrogens is 673 g/mol. The second kappa shape index (κ2) is 15.5. The van der Waals surface area contributed by atoms with Gasteiger partial charge in [0.1, 0.15) is 23.4 Å². The van der Waals surface area contributed by atoms with Crippen LogP contribution in [0.1, 0.15) is 67.2 Å². The molecule has 2 fully saturated rings. The lowest BCUT2D eigenvalue weighted by Crippen LogP contribution is -2.62. The zero-order chi connectivity index (χ0) is 37.9. The van der Waals surface area contributed by atoms with Gasteiger partial charge in [0.15, 0.2) is 5.82 Å². The van der Waals surface area contributed by atoms with Crippen LogP contribution >= 0.6 is 0 Å². The highest BCUT2D eigenvalue weighted by Crippen LogP contribution is 2.34. The first kappa shape index (κ1) is 37.6. The van der Waals surface area contributed by atoms with Crippen LogP contribution in [-0.4, -0.2) is 82.7 Å². The number of hydrogen-bond acceptors (Lipinski definition) is 11. The predicted molar refractivity (Wildman–Crippen MR) is 204 cm³/mol. The lowest BCUT2D eigenvalue weighted by molar-refractivity contribution is 0.117. The van der Waals surface area contributed by atoms with Gasteiger partial charge >= 0.3 is 0 Å². The maximum atomic E-state index is 14.0. The number of nitrogens with zero attached hydrogens (tertiary/aromatic N) is 7. The van der Waals surface area contributed by atoms with Crippen LogP contribution < -0.4 is 20.3 Å². The fourth-order valence-corrected chi connectivity index (χ4v) is 7.70. The summed E-state index contributed by atoms with van der Waals surface area (Å²) in [6, 6.07) is 19.7. The van der Waals surface area contributed by atoms with E-state index < -0.39 is 5.82 Å². The largest absolute Gasteiger partial charge is 0.508 e. The third kappa shape index (κ3) is 9.46. The van der Waals surface area contributed by atoms with E-state index in [0.717, 1.165) is 43.3 Å². The van der Waals surface area contributed by atoms with Crippen LogP contribution in [0.15, 0.2) is 79.1 Å². The fourth-order valence-electron chi connectivity index (χ4n) is 7.70. The van der Waals surface area contributed by atoms with Gasteiger partial charge in [0.05, 0.1) is 17.1 Å². The first-order valence-electron chi connectivity index (χ1n) is 18.1. The first-order valence-corrected chi connectivity index (χ1v) is 18.1. The smallest absolute Gasteiger partial charge is 0.233 e. The van der Waals surface area contributed by atoms with Crippen molar-refractivity contribution in [2.24, 2.45) is 0 Å². The summed E-state index contributed by atoms with van der Waals surface area (Å²) in [5, 5.41) is 48.0. The number of ether oxygens (including phenoxy) is 1. The molecule has 3 aromatic heterocycles. The third-order valence-electron chi connectivity index (χ3n) is 9.71. The molecule has 2 aliphatic heterocycles. The quantitative estimate of drug-likeness (QED) is 0.143. The Bertz CT molecular complexity index is 1950. The second-order valence-corrected chi connectivity index (χ2v) is 15.6. The number of piperidine rings is 2. The van der Waals surface area contributed by atoms with Gasteiger partial charge in [0.2, 0.25) is 5.88 Å². The number of anilines is 1. The molecule has 5 aromatic rings. The Kier molecular flexibility index (Phi) is 11.0. The van der Waals surface area contributed by atoms with E-state index in [1.165, 1.54) is 12.1 Å². The Morgan fingerprint density at radius 2 is 1.49 bits per heavy atom. The van der Waals surface area contributed by atoms with Crippen LogP contribution in [0.3, 0.4) is 0 Å². The van der Waals surface area contributed by atoms with E-state index in [4.69, 9.17) is 4.74 Å². The average Bonchev–Trinajstić information content (AvgIpc) is 3.63. The Morgan fingerprint density at radius 1 is 0.830 bits per heavy atom. The van der Waals surface area contributed by atoms with E-state index >= 15 is 0 Å². The van der Waals surface area contributed by atoms with E-state index in [2.05, 4.69) is 82.6 Å². The van der Waals surface area contributed by atoms with Crippen molar-refractivity contribution in [3.63, 3.8) is 0 Å². The molecule has 2 saturated heterocycles. The maximum absolute atomic E-state index is 14.0. The minimum Gasteiger partial charge on any atom is -0.508 e. The van der Waals surface area contributed by atoms with Gasteiger partial charge in [-0.15, -0.1) is 20.4 Å². The molecule has 0 saturated carbocycles. The molecule has 7 rings (SSSR count). The van der Waals surface area contributed by atoms with Gasteiger partial charge in [-0.1, -0.05) is 0 Å². The van der Waals surface area contributed by atoms with Crippen molar-refractivity contribution in [1.29, 1.82) is 0 Å². The number of hydrogen-bond donors (Lipinski definition) is 4.